The second-order valence-electron chi connectivity index (χ2n) is 8.78. The standard InChI is InChI=1S/C28H41N/c1-2-3-4-5-6-7-8-9-10-11-12-13-14-19-24-29-27-22-17-15-20-25(27)26-21-16-18-23-28(26)29/h15-18,20-23H,2-14,19,24H2,1H3. The quantitative estimate of drug-likeness (QED) is 0.227. The van der Waals surface area contributed by atoms with E-state index in [1.54, 1.807) is 0 Å². The second-order valence-corrected chi connectivity index (χ2v) is 8.78. The molecule has 0 amide bonds. The number of hydrogen-bond acceptors (Lipinski definition) is 0. The maximum absolute atomic E-state index is 2.53. The van der Waals surface area contributed by atoms with Crippen LogP contribution in [0.2, 0.25) is 0 Å². The van der Waals surface area contributed by atoms with Gasteiger partial charge in [-0.2, -0.15) is 0 Å². The molecule has 3 rings (SSSR count). The topological polar surface area (TPSA) is 4.93 Å². The lowest BCUT2D eigenvalue weighted by atomic mass is 10.0. The Hall–Kier alpha value is -1.76. The fourth-order valence-corrected chi connectivity index (χ4v) is 4.71. The van der Waals surface area contributed by atoms with E-state index in [-0.39, 0.29) is 0 Å². The summed E-state index contributed by atoms with van der Waals surface area (Å²) in [7, 11) is 0. The van der Waals surface area contributed by atoms with Crippen LogP contribution < -0.4 is 0 Å². The number of nitrogens with zero attached hydrogens (tertiary/aromatic N) is 1. The average molecular weight is 392 g/mol. The molecule has 0 N–H and O–H groups in total. The Bertz CT molecular complexity index is 775. The van der Waals surface area contributed by atoms with Crippen LogP contribution in [0.3, 0.4) is 0 Å². The SMILES string of the molecule is CCCCCCCCCCCCCCCCn1c2ccccc2c2ccccc21. The Balaban J connectivity index is 1.28. The molecule has 0 bridgehead atoms. The third-order valence-electron chi connectivity index (χ3n) is 6.42. The number of benzene rings is 2. The van der Waals surface area contributed by atoms with E-state index >= 15 is 0 Å². The first-order valence-electron chi connectivity index (χ1n) is 12.4. The minimum atomic E-state index is 1.14. The molecule has 0 fully saturated rings. The van der Waals surface area contributed by atoms with Gasteiger partial charge in [0.1, 0.15) is 0 Å². The molecule has 0 aliphatic heterocycles. The Kier molecular flexibility index (Phi) is 9.63. The highest BCUT2D eigenvalue weighted by atomic mass is 15.0. The number of aromatic nitrogens is 1. The number of aryl methyl sites for hydroxylation is 1. The highest BCUT2D eigenvalue weighted by Gasteiger charge is 2.08. The van der Waals surface area contributed by atoms with Crippen molar-refractivity contribution in [3.05, 3.63) is 48.5 Å². The molecule has 3 aromatic rings. The van der Waals surface area contributed by atoms with Gasteiger partial charge in [-0.1, -0.05) is 127 Å². The molecule has 0 atom stereocenters. The maximum atomic E-state index is 2.53. The van der Waals surface area contributed by atoms with Crippen LogP contribution in [0.1, 0.15) is 96.8 Å². The second kappa shape index (κ2) is 12.7. The van der Waals surface area contributed by atoms with Crippen molar-refractivity contribution in [1.82, 2.24) is 4.57 Å². The number of para-hydroxylation sites is 2. The van der Waals surface area contributed by atoms with Crippen LogP contribution in [0, 0.1) is 0 Å². The van der Waals surface area contributed by atoms with E-state index in [0.29, 0.717) is 0 Å². The van der Waals surface area contributed by atoms with E-state index in [9.17, 15) is 0 Å². The summed E-state index contributed by atoms with van der Waals surface area (Å²) >= 11 is 0. The Morgan fingerprint density at radius 2 is 0.862 bits per heavy atom. The molecule has 0 radical (unpaired) electrons. The summed E-state index contributed by atoms with van der Waals surface area (Å²) in [5.41, 5.74) is 2.78. The summed E-state index contributed by atoms with van der Waals surface area (Å²) in [6.07, 6.45) is 19.9. The van der Waals surface area contributed by atoms with E-state index in [4.69, 9.17) is 0 Å². The first-order chi connectivity index (χ1) is 14.4. The predicted molar refractivity (Wildman–Crippen MR) is 130 cm³/mol. The maximum Gasteiger partial charge on any atom is 0.0491 e. The van der Waals surface area contributed by atoms with Gasteiger partial charge in [0.2, 0.25) is 0 Å². The van der Waals surface area contributed by atoms with Gasteiger partial charge in [0.15, 0.2) is 0 Å². The fraction of sp³-hybridized carbons (Fsp3) is 0.571. The molecule has 29 heavy (non-hydrogen) atoms. The van der Waals surface area contributed by atoms with Gasteiger partial charge >= 0.3 is 0 Å². The third-order valence-corrected chi connectivity index (χ3v) is 6.42. The van der Waals surface area contributed by atoms with Crippen molar-refractivity contribution in [2.45, 2.75) is 103 Å². The summed E-state index contributed by atoms with van der Waals surface area (Å²) in [6, 6.07) is 17.7. The molecule has 0 saturated heterocycles. The number of rotatable bonds is 15. The smallest absolute Gasteiger partial charge is 0.0491 e. The zero-order valence-corrected chi connectivity index (χ0v) is 18.7. The van der Waals surface area contributed by atoms with E-state index < -0.39 is 0 Å². The van der Waals surface area contributed by atoms with Crippen LogP contribution >= 0.6 is 0 Å². The van der Waals surface area contributed by atoms with Crippen molar-refractivity contribution in [1.29, 1.82) is 0 Å². The van der Waals surface area contributed by atoms with E-state index in [1.807, 2.05) is 0 Å². The first kappa shape index (κ1) is 21.9. The van der Waals surface area contributed by atoms with Crippen LogP contribution in [0.5, 0.6) is 0 Å². The first-order valence-corrected chi connectivity index (χ1v) is 12.4. The van der Waals surface area contributed by atoms with Gasteiger partial charge in [-0.05, 0) is 18.6 Å². The molecule has 1 nitrogen and oxygen atoms in total. The van der Waals surface area contributed by atoms with Crippen molar-refractivity contribution in [2.75, 3.05) is 0 Å². The van der Waals surface area contributed by atoms with Gasteiger partial charge in [-0.3, -0.25) is 0 Å². The zero-order valence-electron chi connectivity index (χ0n) is 18.7. The lowest BCUT2D eigenvalue weighted by Crippen LogP contribution is -1.97. The van der Waals surface area contributed by atoms with E-state index in [1.165, 1.54) is 112 Å². The summed E-state index contributed by atoms with van der Waals surface area (Å²) in [5.74, 6) is 0. The molecule has 1 heteroatoms. The van der Waals surface area contributed by atoms with Crippen LogP contribution in [0.4, 0.5) is 0 Å². The Labute approximate surface area is 178 Å². The molecule has 2 aromatic carbocycles. The molecular weight excluding hydrogens is 350 g/mol. The molecule has 1 aromatic heterocycles. The summed E-state index contributed by atoms with van der Waals surface area (Å²) < 4.78 is 2.53. The largest absolute Gasteiger partial charge is 0.340 e. The van der Waals surface area contributed by atoms with Gasteiger partial charge in [-0.25, -0.2) is 0 Å². The molecule has 0 aliphatic carbocycles. The van der Waals surface area contributed by atoms with Gasteiger partial charge < -0.3 is 4.57 Å². The lowest BCUT2D eigenvalue weighted by molar-refractivity contribution is 0.528. The van der Waals surface area contributed by atoms with E-state index in [2.05, 4.69) is 60.0 Å². The monoisotopic (exact) mass is 391 g/mol. The average Bonchev–Trinajstić information content (AvgIpc) is 3.08. The zero-order chi connectivity index (χ0) is 20.2. The minimum absolute atomic E-state index is 1.14. The summed E-state index contributed by atoms with van der Waals surface area (Å²) in [6.45, 7) is 3.44. The normalized spacial score (nSPS) is 11.6. The highest BCUT2D eigenvalue weighted by molar-refractivity contribution is 6.07. The van der Waals surface area contributed by atoms with Gasteiger partial charge in [0, 0.05) is 28.4 Å². The lowest BCUT2D eigenvalue weighted by Gasteiger charge is -2.07. The molecule has 1 heterocycles. The van der Waals surface area contributed by atoms with Crippen molar-refractivity contribution < 1.29 is 0 Å². The van der Waals surface area contributed by atoms with Crippen molar-refractivity contribution in [2.24, 2.45) is 0 Å². The molecule has 0 unspecified atom stereocenters. The number of hydrogen-bond donors (Lipinski definition) is 0. The van der Waals surface area contributed by atoms with Crippen molar-refractivity contribution in [3.8, 4) is 0 Å². The molecule has 158 valence electrons. The van der Waals surface area contributed by atoms with Gasteiger partial charge in [0.05, 0.1) is 0 Å². The number of unbranched alkanes of at least 4 members (excludes halogenated alkanes) is 13. The third kappa shape index (κ3) is 6.63. The molecule has 0 saturated carbocycles. The van der Waals surface area contributed by atoms with Gasteiger partial charge in [-0.15, -0.1) is 0 Å². The van der Waals surface area contributed by atoms with Crippen LogP contribution in [-0.4, -0.2) is 4.57 Å². The minimum Gasteiger partial charge on any atom is -0.340 e. The fourth-order valence-electron chi connectivity index (χ4n) is 4.71. The van der Waals surface area contributed by atoms with Crippen LogP contribution in [-0.2, 0) is 6.54 Å². The predicted octanol–water partition coefficient (Wildman–Crippen LogP) is 9.28. The van der Waals surface area contributed by atoms with Crippen LogP contribution in [0.25, 0.3) is 21.8 Å². The van der Waals surface area contributed by atoms with Crippen molar-refractivity contribution >= 4 is 21.8 Å². The Morgan fingerprint density at radius 3 is 1.31 bits per heavy atom. The van der Waals surface area contributed by atoms with E-state index in [0.717, 1.165) is 6.54 Å². The Morgan fingerprint density at radius 1 is 0.483 bits per heavy atom. The number of fused-ring (bicyclic) bond motifs is 3. The molecule has 0 aliphatic rings. The van der Waals surface area contributed by atoms with Crippen LogP contribution in [0.15, 0.2) is 48.5 Å². The molecular formula is C28H41N. The summed E-state index contributed by atoms with van der Waals surface area (Å²) in [4.78, 5) is 0. The summed E-state index contributed by atoms with van der Waals surface area (Å²) in [5, 5.41) is 2.79. The molecule has 0 spiro atoms. The van der Waals surface area contributed by atoms with Crippen molar-refractivity contribution in [3.63, 3.8) is 0 Å². The highest BCUT2D eigenvalue weighted by Crippen LogP contribution is 2.29. The van der Waals surface area contributed by atoms with Gasteiger partial charge in [0.25, 0.3) is 0 Å².